The van der Waals surface area contributed by atoms with Gasteiger partial charge in [0, 0.05) is 0 Å². The number of aliphatic hydroxyl groups excluding tert-OH is 3. The van der Waals surface area contributed by atoms with Crippen LogP contribution in [0.1, 0.15) is 6.92 Å². The summed E-state index contributed by atoms with van der Waals surface area (Å²) in [5.74, 6) is -3.62. The van der Waals surface area contributed by atoms with E-state index in [1.54, 1.807) is 0 Å². The topological polar surface area (TPSA) is 170 Å². The Hall–Kier alpha value is -1.01. The van der Waals surface area contributed by atoms with Gasteiger partial charge in [-0.2, -0.15) is 0 Å². The van der Waals surface area contributed by atoms with E-state index in [1.807, 2.05) is 0 Å². The molecule has 0 radical (unpaired) electrons. The van der Waals surface area contributed by atoms with Crippen molar-refractivity contribution in [1.82, 2.24) is 5.32 Å². The van der Waals surface area contributed by atoms with Crippen LogP contribution in [0, 0.1) is 5.92 Å². The molecule has 10 heteroatoms. The Morgan fingerprint density at radius 2 is 1.81 bits per heavy atom. The van der Waals surface area contributed by atoms with Gasteiger partial charge in [-0.3, -0.25) is 0 Å². The predicted molar refractivity (Wildman–Crippen MR) is 64.3 cm³/mol. The van der Waals surface area contributed by atoms with Gasteiger partial charge in [0.25, 0.3) is 0 Å². The second-order valence-electron chi connectivity index (χ2n) is 6.29. The van der Waals surface area contributed by atoms with Crippen LogP contribution in [-0.2, 0) is 9.47 Å². The summed E-state index contributed by atoms with van der Waals surface area (Å²) in [6, 6.07) is 0. The summed E-state index contributed by atoms with van der Waals surface area (Å²) in [6.45, 7) is 1.36. The summed E-state index contributed by atoms with van der Waals surface area (Å²) in [5.41, 5.74) is 2.27. The number of ether oxygens (including phenoxy) is 2. The maximum atomic E-state index is 10.6. The highest BCUT2D eigenvalue weighted by molar-refractivity contribution is 5.80. The second-order valence-corrected chi connectivity index (χ2v) is 6.29. The van der Waals surface area contributed by atoms with E-state index in [1.165, 1.54) is 6.92 Å². The van der Waals surface area contributed by atoms with E-state index in [0.29, 0.717) is 0 Å². The zero-order chi connectivity index (χ0) is 15.4. The third-order valence-electron chi connectivity index (χ3n) is 5.13. The molecule has 0 aromatic rings. The molecule has 4 aliphatic heterocycles. The minimum absolute atomic E-state index is 0.193. The van der Waals surface area contributed by atoms with Gasteiger partial charge in [-0.05, 0) is 6.92 Å². The smallest absolute Gasteiger partial charge is 0.311 e. The van der Waals surface area contributed by atoms with Crippen molar-refractivity contribution in [2.75, 3.05) is 0 Å². The summed E-state index contributed by atoms with van der Waals surface area (Å²) < 4.78 is 10.4. The fourth-order valence-corrected chi connectivity index (χ4v) is 4.19. The third kappa shape index (κ3) is 1.26. The number of aliphatic hydroxyl groups is 5. The molecule has 0 aromatic carbocycles. The molecule has 4 heterocycles. The van der Waals surface area contributed by atoms with Crippen molar-refractivity contribution >= 4 is 5.96 Å². The number of hydrogen-bond donors (Lipinski definition) is 7. The van der Waals surface area contributed by atoms with Crippen LogP contribution in [0.4, 0.5) is 0 Å². The van der Waals surface area contributed by atoms with Crippen molar-refractivity contribution in [3.63, 3.8) is 0 Å². The van der Waals surface area contributed by atoms with Gasteiger partial charge < -0.3 is 46.1 Å². The highest BCUT2D eigenvalue weighted by Crippen LogP contribution is 2.58. The van der Waals surface area contributed by atoms with E-state index < -0.39 is 53.7 Å². The SMILES string of the molecule is C[C@@]1(O)[C@@H]2O[C@]3(O)O[C@H]1[C@@H]1[C@@H](O)N=C(N)N[C@@]1([C@@H]2O)[C@@H]3O. The van der Waals surface area contributed by atoms with Crippen LogP contribution < -0.4 is 11.1 Å². The Morgan fingerprint density at radius 1 is 1.19 bits per heavy atom. The van der Waals surface area contributed by atoms with E-state index in [-0.39, 0.29) is 5.96 Å². The van der Waals surface area contributed by atoms with Crippen molar-refractivity contribution in [1.29, 1.82) is 0 Å². The number of rotatable bonds is 0. The second kappa shape index (κ2) is 3.49. The molecular weight excluding hydrogens is 286 g/mol. The normalized spacial score (nSPS) is 64.8. The first kappa shape index (κ1) is 13.6. The highest BCUT2D eigenvalue weighted by Gasteiger charge is 2.82. The Kier molecular flexibility index (Phi) is 2.26. The molecule has 1 spiro atoms. The molecule has 1 aliphatic carbocycles. The molecule has 21 heavy (non-hydrogen) atoms. The lowest BCUT2D eigenvalue weighted by Crippen LogP contribution is -2.94. The molecule has 0 aromatic heterocycles. The molecule has 3 saturated heterocycles. The molecule has 4 bridgehead atoms. The van der Waals surface area contributed by atoms with Crippen molar-refractivity contribution in [2.45, 2.75) is 54.7 Å². The zero-order valence-corrected chi connectivity index (χ0v) is 11.0. The largest absolute Gasteiger partial charge is 0.388 e. The van der Waals surface area contributed by atoms with Crippen molar-refractivity contribution in [3.8, 4) is 0 Å². The van der Waals surface area contributed by atoms with E-state index in [2.05, 4.69) is 10.3 Å². The molecular formula is C11H17N3O7. The van der Waals surface area contributed by atoms with Crippen LogP contribution in [0.2, 0.25) is 0 Å². The summed E-state index contributed by atoms with van der Waals surface area (Å²) in [4.78, 5) is 3.74. The van der Waals surface area contributed by atoms with Crippen LogP contribution in [0.25, 0.3) is 0 Å². The third-order valence-corrected chi connectivity index (χ3v) is 5.13. The molecule has 5 aliphatic rings. The minimum Gasteiger partial charge on any atom is -0.388 e. The molecule has 0 amide bonds. The van der Waals surface area contributed by atoms with Gasteiger partial charge in [0.05, 0.1) is 5.92 Å². The Balaban J connectivity index is 1.95. The van der Waals surface area contributed by atoms with Gasteiger partial charge in [0.2, 0.25) is 0 Å². The molecule has 8 N–H and O–H groups in total. The zero-order valence-electron chi connectivity index (χ0n) is 11.0. The predicted octanol–water partition coefficient (Wildman–Crippen LogP) is -4.49. The number of hydrogen-bond acceptors (Lipinski definition) is 10. The lowest BCUT2D eigenvalue weighted by atomic mass is 9.55. The number of guanidine groups is 1. The molecule has 10 nitrogen and oxygen atoms in total. The van der Waals surface area contributed by atoms with Crippen LogP contribution in [0.3, 0.4) is 0 Å². The lowest BCUT2D eigenvalue weighted by molar-refractivity contribution is -0.545. The highest BCUT2D eigenvalue weighted by atomic mass is 16.9. The molecule has 1 saturated carbocycles. The van der Waals surface area contributed by atoms with Crippen LogP contribution >= 0.6 is 0 Å². The minimum atomic E-state index is -2.41. The summed E-state index contributed by atoms with van der Waals surface area (Å²) >= 11 is 0. The molecule has 4 fully saturated rings. The van der Waals surface area contributed by atoms with Crippen molar-refractivity contribution in [3.05, 3.63) is 0 Å². The monoisotopic (exact) mass is 303 g/mol. The van der Waals surface area contributed by atoms with Crippen molar-refractivity contribution < 1.29 is 35.0 Å². The van der Waals surface area contributed by atoms with E-state index in [4.69, 9.17) is 15.2 Å². The Morgan fingerprint density at radius 3 is 2.48 bits per heavy atom. The number of aliphatic imine (C=N–C) groups is 1. The first-order chi connectivity index (χ1) is 9.64. The number of nitrogens with one attached hydrogen (secondary N) is 1. The first-order valence-corrected chi connectivity index (χ1v) is 6.60. The van der Waals surface area contributed by atoms with Crippen LogP contribution in [0.15, 0.2) is 4.99 Å². The van der Waals surface area contributed by atoms with Gasteiger partial charge in [-0.25, -0.2) is 4.99 Å². The van der Waals surface area contributed by atoms with Gasteiger partial charge in [-0.1, -0.05) is 0 Å². The van der Waals surface area contributed by atoms with Gasteiger partial charge >= 0.3 is 5.97 Å². The van der Waals surface area contributed by atoms with Crippen LogP contribution in [0.5, 0.6) is 0 Å². The van der Waals surface area contributed by atoms with Gasteiger partial charge in [-0.15, -0.1) is 0 Å². The number of nitrogens with zero attached hydrogens (tertiary/aromatic N) is 1. The first-order valence-electron chi connectivity index (χ1n) is 6.60. The summed E-state index contributed by atoms with van der Waals surface area (Å²) in [7, 11) is 0. The average molecular weight is 303 g/mol. The van der Waals surface area contributed by atoms with Crippen LogP contribution in [-0.4, -0.2) is 79.2 Å². The van der Waals surface area contributed by atoms with E-state index in [9.17, 15) is 25.5 Å². The van der Waals surface area contributed by atoms with E-state index in [0.717, 1.165) is 0 Å². The Bertz CT molecular complexity index is 542. The quantitative estimate of drug-likeness (QED) is 0.233. The fraction of sp³-hybridized carbons (Fsp3) is 0.909. The summed E-state index contributed by atoms with van der Waals surface area (Å²) in [6.07, 6.45) is -6.96. The van der Waals surface area contributed by atoms with Crippen molar-refractivity contribution in [2.24, 2.45) is 16.6 Å². The lowest BCUT2D eigenvalue weighted by Gasteiger charge is -2.71. The molecule has 5 rings (SSSR count). The maximum Gasteiger partial charge on any atom is 0.311 e. The molecule has 118 valence electrons. The standard InChI is InChI=1S/C11H17N3O7/c1-9(18)4-2-6(16)13-8(12)14-10(2)3(15)5(9)21-11(19,20-4)7(10)17/h2-7,15-19H,1H3,(H3,12,13,14)/t2-,3-,4+,5-,6-,7+,9+,10+,11-/m1/s1. The summed E-state index contributed by atoms with van der Waals surface area (Å²) in [5, 5.41) is 54.7. The maximum absolute atomic E-state index is 10.6. The molecule has 9 atom stereocenters. The average Bonchev–Trinajstić information content (AvgIpc) is 2.36. The van der Waals surface area contributed by atoms with Gasteiger partial charge in [0.15, 0.2) is 18.3 Å². The molecule has 0 unspecified atom stereocenters. The van der Waals surface area contributed by atoms with Gasteiger partial charge in [0.1, 0.15) is 29.5 Å². The number of nitrogens with two attached hydrogens (primary N) is 1. The Labute approximate surface area is 118 Å². The fourth-order valence-electron chi connectivity index (χ4n) is 4.19. The van der Waals surface area contributed by atoms with E-state index >= 15 is 0 Å².